The lowest BCUT2D eigenvalue weighted by atomic mass is 10.1. The minimum absolute atomic E-state index is 0.0200. The molecule has 0 spiro atoms. The Morgan fingerprint density at radius 3 is 2.56 bits per heavy atom. The second-order valence-corrected chi connectivity index (χ2v) is 6.68. The summed E-state index contributed by atoms with van der Waals surface area (Å²) in [5.41, 5.74) is 0.700. The number of para-hydroxylation sites is 1. The van der Waals surface area contributed by atoms with Crippen molar-refractivity contribution in [3.8, 4) is 5.75 Å². The van der Waals surface area contributed by atoms with E-state index in [4.69, 9.17) is 9.47 Å². The lowest BCUT2D eigenvalue weighted by molar-refractivity contribution is -0.150. The molecule has 1 aliphatic heterocycles. The van der Waals surface area contributed by atoms with Gasteiger partial charge in [-0.05, 0) is 51.6 Å². The molecule has 134 valence electrons. The van der Waals surface area contributed by atoms with Gasteiger partial charge in [0.1, 0.15) is 11.8 Å². The number of esters is 1. The number of nitrogens with zero attached hydrogens (tertiary/aromatic N) is 1. The minimum atomic E-state index is -0.958. The molecule has 0 bridgehead atoms. The fraction of sp³-hybridized carbons (Fsp3) is 0.389. The van der Waals surface area contributed by atoms with Crippen molar-refractivity contribution in [1.82, 2.24) is 4.90 Å². The van der Waals surface area contributed by atoms with Gasteiger partial charge in [0.15, 0.2) is 0 Å². The third kappa shape index (κ3) is 4.42. The van der Waals surface area contributed by atoms with E-state index < -0.39 is 23.2 Å². The van der Waals surface area contributed by atoms with Crippen LogP contribution in [0, 0.1) is 0 Å². The van der Waals surface area contributed by atoms with E-state index in [0.717, 1.165) is 16.7 Å². The maximum absolute atomic E-state index is 12.6. The monoisotopic (exact) mass is 363 g/mol. The van der Waals surface area contributed by atoms with E-state index in [9.17, 15) is 14.4 Å². The van der Waals surface area contributed by atoms with E-state index in [-0.39, 0.29) is 17.6 Å². The Bertz CT molecular complexity index is 713. The van der Waals surface area contributed by atoms with E-state index in [1.54, 1.807) is 25.1 Å². The van der Waals surface area contributed by atoms with Gasteiger partial charge in [-0.3, -0.25) is 14.5 Å². The number of carbonyl (C=O) groups is 3. The fourth-order valence-electron chi connectivity index (χ4n) is 2.28. The number of hydrogen-bond donors (Lipinski definition) is 0. The Kier molecular flexibility index (Phi) is 6.25. The number of carbonyl (C=O) groups excluding carboxylic acids is 3. The molecule has 0 aromatic heterocycles. The molecule has 0 unspecified atom stereocenters. The smallest absolute Gasteiger partial charge is 0.329 e. The van der Waals surface area contributed by atoms with Crippen LogP contribution in [0.5, 0.6) is 5.75 Å². The summed E-state index contributed by atoms with van der Waals surface area (Å²) in [6.45, 7) is 7.16. The summed E-state index contributed by atoms with van der Waals surface area (Å²) in [4.78, 5) is 37.8. The van der Waals surface area contributed by atoms with E-state index in [0.29, 0.717) is 11.3 Å². The predicted molar refractivity (Wildman–Crippen MR) is 96.1 cm³/mol. The first-order chi connectivity index (χ1) is 11.8. The molecular weight excluding hydrogens is 342 g/mol. The Hall–Kier alpha value is -2.28. The van der Waals surface area contributed by atoms with Crippen molar-refractivity contribution in [2.45, 2.75) is 39.8 Å². The molecule has 1 aliphatic rings. The lowest BCUT2D eigenvalue weighted by Crippen LogP contribution is -2.42. The largest absolute Gasteiger partial charge is 0.490 e. The van der Waals surface area contributed by atoms with E-state index in [1.807, 2.05) is 26.0 Å². The van der Waals surface area contributed by atoms with Gasteiger partial charge in [-0.2, -0.15) is 0 Å². The number of imide groups is 1. The normalized spacial score (nSPS) is 17.3. The van der Waals surface area contributed by atoms with Crippen molar-refractivity contribution in [1.29, 1.82) is 0 Å². The van der Waals surface area contributed by atoms with Crippen LogP contribution < -0.4 is 4.74 Å². The summed E-state index contributed by atoms with van der Waals surface area (Å²) in [5.74, 6) is -0.479. The van der Waals surface area contributed by atoms with Crippen LogP contribution in [0.15, 0.2) is 29.2 Å². The molecule has 0 aliphatic carbocycles. The number of benzene rings is 1. The van der Waals surface area contributed by atoms with Crippen LogP contribution in [-0.4, -0.2) is 40.8 Å². The molecule has 0 saturated carbocycles. The summed E-state index contributed by atoms with van der Waals surface area (Å²) in [5, 5.41) is -0.487. The van der Waals surface area contributed by atoms with Gasteiger partial charge in [-0.25, -0.2) is 4.79 Å². The third-order valence-electron chi connectivity index (χ3n) is 3.41. The topological polar surface area (TPSA) is 72.9 Å². The van der Waals surface area contributed by atoms with Crippen LogP contribution in [0.4, 0.5) is 4.79 Å². The van der Waals surface area contributed by atoms with Crippen molar-refractivity contribution >= 4 is 35.0 Å². The molecule has 0 radical (unpaired) electrons. The maximum atomic E-state index is 12.6. The number of thioether (sulfide) groups is 1. The molecule has 0 N–H and O–H groups in total. The average molecular weight is 363 g/mol. The fourth-order valence-corrected chi connectivity index (χ4v) is 3.18. The first kappa shape index (κ1) is 19.1. The summed E-state index contributed by atoms with van der Waals surface area (Å²) < 4.78 is 10.6. The second kappa shape index (κ2) is 8.20. The lowest BCUT2D eigenvalue weighted by Gasteiger charge is -2.19. The van der Waals surface area contributed by atoms with E-state index in [1.165, 1.54) is 6.92 Å². The van der Waals surface area contributed by atoms with Crippen LogP contribution in [0.2, 0.25) is 0 Å². The third-order valence-corrected chi connectivity index (χ3v) is 4.29. The standard InChI is InChI=1S/C18H21NO5S/c1-5-23-17(21)12(4)19-16(20)15(25-18(19)22)10-13-8-6-7-9-14(13)24-11(2)3/h6-12H,5H2,1-4H3/b15-10+/t12-/m1/s1. The Morgan fingerprint density at radius 2 is 1.92 bits per heavy atom. The van der Waals surface area contributed by atoms with Crippen LogP contribution >= 0.6 is 11.8 Å². The highest BCUT2D eigenvalue weighted by Gasteiger charge is 2.41. The van der Waals surface area contributed by atoms with Gasteiger partial charge < -0.3 is 9.47 Å². The quantitative estimate of drug-likeness (QED) is 0.569. The van der Waals surface area contributed by atoms with Gasteiger partial charge in [-0.1, -0.05) is 18.2 Å². The molecule has 25 heavy (non-hydrogen) atoms. The molecular formula is C18H21NO5S. The van der Waals surface area contributed by atoms with Crippen molar-refractivity contribution in [2.24, 2.45) is 0 Å². The van der Waals surface area contributed by atoms with Crippen LogP contribution in [0.3, 0.4) is 0 Å². The zero-order valence-corrected chi connectivity index (χ0v) is 15.5. The zero-order chi connectivity index (χ0) is 18.6. The highest BCUT2D eigenvalue weighted by atomic mass is 32.2. The summed E-state index contributed by atoms with van der Waals surface area (Å²) in [6, 6.07) is 6.31. The highest BCUT2D eigenvalue weighted by Crippen LogP contribution is 2.35. The Balaban J connectivity index is 2.28. The molecule has 1 aromatic rings. The molecule has 1 saturated heterocycles. The minimum Gasteiger partial charge on any atom is -0.490 e. The van der Waals surface area contributed by atoms with Gasteiger partial charge in [-0.15, -0.1) is 0 Å². The van der Waals surface area contributed by atoms with Gasteiger partial charge in [0, 0.05) is 5.56 Å². The summed E-state index contributed by atoms with van der Waals surface area (Å²) in [6.07, 6.45) is 1.59. The van der Waals surface area contributed by atoms with Crippen molar-refractivity contribution in [3.05, 3.63) is 34.7 Å². The Morgan fingerprint density at radius 1 is 1.24 bits per heavy atom. The molecule has 2 rings (SSSR count). The van der Waals surface area contributed by atoms with Crippen LogP contribution in [-0.2, 0) is 14.3 Å². The molecule has 7 heteroatoms. The second-order valence-electron chi connectivity index (χ2n) is 5.68. The molecule has 1 atom stereocenters. The zero-order valence-electron chi connectivity index (χ0n) is 14.6. The summed E-state index contributed by atoms with van der Waals surface area (Å²) >= 11 is 0.803. The predicted octanol–water partition coefficient (Wildman–Crippen LogP) is 3.46. The number of rotatable bonds is 6. The van der Waals surface area contributed by atoms with Gasteiger partial charge in [0.25, 0.3) is 11.1 Å². The van der Waals surface area contributed by atoms with Gasteiger partial charge in [0.2, 0.25) is 0 Å². The average Bonchev–Trinajstić information content (AvgIpc) is 2.82. The summed E-state index contributed by atoms with van der Waals surface area (Å²) in [7, 11) is 0. The number of amides is 2. The van der Waals surface area contributed by atoms with Crippen LogP contribution in [0.1, 0.15) is 33.3 Å². The van der Waals surface area contributed by atoms with E-state index in [2.05, 4.69) is 0 Å². The highest BCUT2D eigenvalue weighted by molar-refractivity contribution is 8.18. The molecule has 1 heterocycles. The van der Waals surface area contributed by atoms with Crippen LogP contribution in [0.25, 0.3) is 6.08 Å². The number of hydrogen-bond acceptors (Lipinski definition) is 6. The molecule has 1 aromatic carbocycles. The molecule has 6 nitrogen and oxygen atoms in total. The van der Waals surface area contributed by atoms with Crippen molar-refractivity contribution in [3.63, 3.8) is 0 Å². The Labute approximate surface area is 151 Å². The number of ether oxygens (including phenoxy) is 2. The first-order valence-electron chi connectivity index (χ1n) is 8.04. The maximum Gasteiger partial charge on any atom is 0.329 e. The van der Waals surface area contributed by atoms with Crippen molar-refractivity contribution < 1.29 is 23.9 Å². The first-order valence-corrected chi connectivity index (χ1v) is 8.86. The van der Waals surface area contributed by atoms with E-state index >= 15 is 0 Å². The SMILES string of the molecule is CCOC(=O)[C@@H](C)N1C(=O)S/C(=C/c2ccccc2OC(C)C)C1=O. The molecule has 2 amide bonds. The van der Waals surface area contributed by atoms with Gasteiger partial charge >= 0.3 is 5.97 Å². The molecule has 1 fully saturated rings. The van der Waals surface area contributed by atoms with Gasteiger partial charge in [0.05, 0.1) is 17.6 Å². The van der Waals surface area contributed by atoms with Crippen molar-refractivity contribution in [2.75, 3.05) is 6.61 Å².